The van der Waals surface area contributed by atoms with E-state index in [0.717, 1.165) is 27.2 Å². The van der Waals surface area contributed by atoms with Crippen LogP contribution in [0.3, 0.4) is 0 Å². The van der Waals surface area contributed by atoms with E-state index in [4.69, 9.17) is 7.98 Å². The molecule has 1 aliphatic heterocycles. The van der Waals surface area contributed by atoms with Crippen LogP contribution in [0.2, 0.25) is 0 Å². The minimum absolute atomic E-state index is 0.889. The molecule has 0 atom stereocenters. The van der Waals surface area contributed by atoms with E-state index in [2.05, 4.69) is 29.1 Å². The summed E-state index contributed by atoms with van der Waals surface area (Å²) in [6, 6.07) is 8.12. The highest BCUT2D eigenvalue weighted by Gasteiger charge is 2.24. The molecule has 4 rings (SSSR count). The van der Waals surface area contributed by atoms with Crippen molar-refractivity contribution < 1.29 is 0 Å². The lowest BCUT2D eigenvalue weighted by Gasteiger charge is -2.15. The van der Waals surface area contributed by atoms with Crippen LogP contribution in [0, 0.1) is 6.92 Å². The fourth-order valence-electron chi connectivity index (χ4n) is 2.37. The summed E-state index contributed by atoms with van der Waals surface area (Å²) in [5, 5.41) is 5.54. The van der Waals surface area contributed by atoms with Crippen molar-refractivity contribution in [3.8, 4) is 11.4 Å². The largest absolute Gasteiger partial charge is 0.323 e. The van der Waals surface area contributed by atoms with Gasteiger partial charge in [-0.05, 0) is 30.7 Å². The van der Waals surface area contributed by atoms with Crippen LogP contribution in [0.25, 0.3) is 22.3 Å². The van der Waals surface area contributed by atoms with Crippen molar-refractivity contribution in [3.63, 3.8) is 0 Å². The Kier molecular flexibility index (Phi) is 1.92. The van der Waals surface area contributed by atoms with Crippen molar-refractivity contribution >= 4 is 30.6 Å². The quantitative estimate of drug-likeness (QED) is 0.449. The molecule has 0 amide bonds. The van der Waals surface area contributed by atoms with Crippen molar-refractivity contribution in [2.75, 3.05) is 0 Å². The van der Waals surface area contributed by atoms with Gasteiger partial charge >= 0.3 is 0 Å². The van der Waals surface area contributed by atoms with Gasteiger partial charge in [0.15, 0.2) is 0 Å². The molecule has 0 saturated carbocycles. The van der Waals surface area contributed by atoms with E-state index >= 15 is 0 Å². The SMILES string of the molecule is [B]n1nc2c3c(c(C)ccc31)Sc1cccnc1-2. The number of fused-ring (bicyclic) bond motifs is 2. The van der Waals surface area contributed by atoms with Crippen molar-refractivity contribution in [2.24, 2.45) is 0 Å². The second kappa shape index (κ2) is 3.39. The average molecular weight is 249 g/mol. The number of aryl methyl sites for hydroxylation is 1. The smallest absolute Gasteiger partial charge is 0.265 e. The van der Waals surface area contributed by atoms with Crippen LogP contribution in [-0.4, -0.2) is 22.7 Å². The first-order valence-electron chi connectivity index (χ1n) is 5.66. The lowest BCUT2D eigenvalue weighted by atomic mass is 10.1. The topological polar surface area (TPSA) is 30.7 Å². The first-order chi connectivity index (χ1) is 8.75. The summed E-state index contributed by atoms with van der Waals surface area (Å²) in [6.07, 6.45) is 1.79. The molecule has 0 spiro atoms. The lowest BCUT2D eigenvalue weighted by Crippen LogP contribution is -1.95. The maximum absolute atomic E-state index is 5.92. The van der Waals surface area contributed by atoms with Crippen molar-refractivity contribution in [1.82, 2.24) is 14.7 Å². The number of hydrogen-bond acceptors (Lipinski definition) is 3. The number of aromatic nitrogens is 3. The first kappa shape index (κ1) is 10.2. The molecular formula is C13H8BN3S. The van der Waals surface area contributed by atoms with Gasteiger partial charge in [0, 0.05) is 21.4 Å². The molecule has 0 unspecified atom stereocenters. The van der Waals surface area contributed by atoms with Crippen molar-refractivity contribution in [1.29, 1.82) is 0 Å². The lowest BCUT2D eigenvalue weighted by molar-refractivity contribution is 1.02. The molecule has 1 aromatic carbocycles. The predicted octanol–water partition coefficient (Wildman–Crippen LogP) is 2.80. The normalized spacial score (nSPS) is 12.7. The minimum atomic E-state index is 0.889. The minimum Gasteiger partial charge on any atom is -0.323 e. The van der Waals surface area contributed by atoms with E-state index < -0.39 is 0 Å². The Bertz CT molecular complexity index is 794. The van der Waals surface area contributed by atoms with Crippen LogP contribution in [0.4, 0.5) is 0 Å². The van der Waals surface area contributed by atoms with E-state index in [1.807, 2.05) is 12.1 Å². The standard InChI is InChI=1S/C13H8BN3S/c1-7-4-5-8-10-12(16-17(8)14)11-9(18-13(7)10)3-2-6-15-11/h2-6H,1H3. The molecule has 18 heavy (non-hydrogen) atoms. The Morgan fingerprint density at radius 1 is 1.22 bits per heavy atom. The molecule has 0 aliphatic carbocycles. The Balaban J connectivity index is 2.23. The summed E-state index contributed by atoms with van der Waals surface area (Å²) in [5.74, 6) is 0. The summed E-state index contributed by atoms with van der Waals surface area (Å²) < 4.78 is 1.44. The summed E-state index contributed by atoms with van der Waals surface area (Å²) in [5.41, 5.74) is 4.01. The summed E-state index contributed by atoms with van der Waals surface area (Å²) >= 11 is 1.74. The average Bonchev–Trinajstić information content (AvgIpc) is 2.72. The van der Waals surface area contributed by atoms with Crippen LogP contribution in [0.5, 0.6) is 0 Å². The first-order valence-corrected chi connectivity index (χ1v) is 6.48. The third-order valence-electron chi connectivity index (χ3n) is 3.23. The molecule has 0 bridgehead atoms. The van der Waals surface area contributed by atoms with E-state index in [-0.39, 0.29) is 0 Å². The van der Waals surface area contributed by atoms with E-state index in [1.54, 1.807) is 18.0 Å². The summed E-state index contributed by atoms with van der Waals surface area (Å²) in [6.45, 7) is 2.11. The predicted molar refractivity (Wildman–Crippen MR) is 73.0 cm³/mol. The Labute approximate surface area is 110 Å². The molecule has 3 aromatic rings. The van der Waals surface area contributed by atoms with Crippen molar-refractivity contribution in [2.45, 2.75) is 16.7 Å². The summed E-state index contributed by atoms with van der Waals surface area (Å²) in [7, 11) is 5.92. The molecular weight excluding hydrogens is 241 g/mol. The van der Waals surface area contributed by atoms with Gasteiger partial charge in [-0.1, -0.05) is 17.8 Å². The molecule has 2 aromatic heterocycles. The van der Waals surface area contributed by atoms with Crippen LogP contribution in [0.15, 0.2) is 40.3 Å². The van der Waals surface area contributed by atoms with Gasteiger partial charge < -0.3 is 4.59 Å². The highest BCUT2D eigenvalue weighted by atomic mass is 32.2. The molecule has 1 aliphatic rings. The Morgan fingerprint density at radius 3 is 3.00 bits per heavy atom. The van der Waals surface area contributed by atoms with E-state index in [9.17, 15) is 0 Å². The second-order valence-corrected chi connectivity index (χ2v) is 5.40. The Morgan fingerprint density at radius 2 is 2.11 bits per heavy atom. The zero-order chi connectivity index (χ0) is 12.3. The molecule has 84 valence electrons. The molecule has 3 heterocycles. The third-order valence-corrected chi connectivity index (χ3v) is 4.51. The van der Waals surface area contributed by atoms with E-state index in [1.165, 1.54) is 15.1 Å². The number of hydrogen-bond donors (Lipinski definition) is 0. The highest BCUT2D eigenvalue weighted by Crippen LogP contribution is 2.47. The van der Waals surface area contributed by atoms with Gasteiger partial charge in [0.05, 0.1) is 5.52 Å². The molecule has 3 nitrogen and oxygen atoms in total. The zero-order valence-electron chi connectivity index (χ0n) is 9.71. The van der Waals surface area contributed by atoms with Gasteiger partial charge in [0.25, 0.3) is 7.98 Å². The molecule has 0 fully saturated rings. The number of rotatable bonds is 0. The Hall–Kier alpha value is -1.75. The van der Waals surface area contributed by atoms with Gasteiger partial charge in [-0.15, -0.1) is 0 Å². The van der Waals surface area contributed by atoms with Crippen LogP contribution < -0.4 is 0 Å². The van der Waals surface area contributed by atoms with Crippen LogP contribution >= 0.6 is 11.8 Å². The maximum atomic E-state index is 5.92. The summed E-state index contributed by atoms with van der Waals surface area (Å²) in [4.78, 5) is 6.81. The fraction of sp³-hybridized carbons (Fsp3) is 0.0769. The highest BCUT2D eigenvalue weighted by molar-refractivity contribution is 7.99. The van der Waals surface area contributed by atoms with Crippen LogP contribution in [-0.2, 0) is 0 Å². The van der Waals surface area contributed by atoms with Gasteiger partial charge in [-0.3, -0.25) is 4.98 Å². The van der Waals surface area contributed by atoms with Gasteiger partial charge in [-0.25, -0.2) is 0 Å². The monoisotopic (exact) mass is 249 g/mol. The van der Waals surface area contributed by atoms with Crippen LogP contribution in [0.1, 0.15) is 5.56 Å². The molecule has 5 heteroatoms. The van der Waals surface area contributed by atoms with Crippen molar-refractivity contribution in [3.05, 3.63) is 36.0 Å². The van der Waals surface area contributed by atoms with Gasteiger partial charge in [0.1, 0.15) is 11.4 Å². The molecule has 0 N–H and O–H groups in total. The van der Waals surface area contributed by atoms with Gasteiger partial charge in [-0.2, -0.15) is 5.10 Å². The molecule has 2 radical (unpaired) electrons. The fourth-order valence-corrected chi connectivity index (χ4v) is 3.51. The third kappa shape index (κ3) is 1.17. The van der Waals surface area contributed by atoms with Gasteiger partial charge in [0.2, 0.25) is 0 Å². The molecule has 0 saturated heterocycles. The second-order valence-electron chi connectivity index (χ2n) is 4.35. The zero-order valence-corrected chi connectivity index (χ0v) is 10.5. The number of benzene rings is 1. The number of nitrogens with zero attached hydrogens (tertiary/aromatic N) is 3. The maximum Gasteiger partial charge on any atom is 0.265 e. The van der Waals surface area contributed by atoms with E-state index in [0.29, 0.717) is 0 Å². The number of pyridine rings is 1.